The minimum Gasteiger partial charge on any atom is -0.496 e. The molecule has 0 radical (unpaired) electrons. The van der Waals surface area contributed by atoms with E-state index in [1.807, 2.05) is 12.1 Å². The summed E-state index contributed by atoms with van der Waals surface area (Å²) >= 11 is 0. The maximum atomic E-state index is 11.3. The number of ketones is 1. The van der Waals surface area contributed by atoms with Gasteiger partial charge in [-0.15, -0.1) is 0 Å². The van der Waals surface area contributed by atoms with Crippen molar-refractivity contribution in [3.63, 3.8) is 0 Å². The second-order valence-electron chi connectivity index (χ2n) is 3.16. The van der Waals surface area contributed by atoms with Crippen LogP contribution in [0.25, 0.3) is 6.08 Å². The molecule has 0 aliphatic rings. The molecule has 0 aliphatic carbocycles. The Morgan fingerprint density at radius 3 is 2.65 bits per heavy atom. The Hall–Kier alpha value is -2.10. The second kappa shape index (κ2) is 6.48. The number of esters is 1. The largest absolute Gasteiger partial charge is 0.496 e. The fourth-order valence-electron chi connectivity index (χ4n) is 1.24. The summed E-state index contributed by atoms with van der Waals surface area (Å²) in [5.74, 6) is -0.892. The van der Waals surface area contributed by atoms with Crippen molar-refractivity contribution in [1.82, 2.24) is 0 Å². The van der Waals surface area contributed by atoms with E-state index in [-0.39, 0.29) is 6.61 Å². The van der Waals surface area contributed by atoms with Crippen LogP contribution in [0.5, 0.6) is 5.75 Å². The van der Waals surface area contributed by atoms with Crippen molar-refractivity contribution < 1.29 is 19.1 Å². The Kier molecular flexibility index (Phi) is 4.94. The molecule has 1 aromatic carbocycles. The zero-order valence-electron chi connectivity index (χ0n) is 9.80. The van der Waals surface area contributed by atoms with E-state index in [9.17, 15) is 9.59 Å². The van der Waals surface area contributed by atoms with Crippen molar-refractivity contribution in [2.75, 3.05) is 13.7 Å². The van der Waals surface area contributed by atoms with Gasteiger partial charge in [0.25, 0.3) is 5.78 Å². The molecular weight excluding hydrogens is 220 g/mol. The summed E-state index contributed by atoms with van der Waals surface area (Å²) in [6.07, 6.45) is 2.70. The van der Waals surface area contributed by atoms with Crippen LogP contribution in [-0.4, -0.2) is 25.5 Å². The highest BCUT2D eigenvalue weighted by Crippen LogP contribution is 2.18. The third-order valence-electron chi connectivity index (χ3n) is 2.03. The van der Waals surface area contributed by atoms with Gasteiger partial charge >= 0.3 is 5.97 Å². The smallest absolute Gasteiger partial charge is 0.379 e. The predicted molar refractivity (Wildman–Crippen MR) is 63.7 cm³/mol. The molecule has 0 saturated carbocycles. The van der Waals surface area contributed by atoms with Crippen LogP contribution in [0, 0.1) is 0 Å². The first-order valence-electron chi connectivity index (χ1n) is 5.21. The summed E-state index contributed by atoms with van der Waals surface area (Å²) in [4.78, 5) is 22.4. The minimum absolute atomic E-state index is 0.188. The van der Waals surface area contributed by atoms with E-state index >= 15 is 0 Å². The second-order valence-corrected chi connectivity index (χ2v) is 3.16. The van der Waals surface area contributed by atoms with Gasteiger partial charge in [-0.25, -0.2) is 4.79 Å². The van der Waals surface area contributed by atoms with Crippen molar-refractivity contribution in [2.24, 2.45) is 0 Å². The summed E-state index contributed by atoms with van der Waals surface area (Å²) < 4.78 is 9.68. The van der Waals surface area contributed by atoms with Gasteiger partial charge in [0.15, 0.2) is 0 Å². The zero-order chi connectivity index (χ0) is 12.7. The lowest BCUT2D eigenvalue weighted by atomic mass is 10.1. The Morgan fingerprint density at radius 2 is 2.00 bits per heavy atom. The quantitative estimate of drug-likeness (QED) is 0.443. The Morgan fingerprint density at radius 1 is 1.29 bits per heavy atom. The van der Waals surface area contributed by atoms with Crippen LogP contribution in [0.1, 0.15) is 12.5 Å². The first-order chi connectivity index (χ1) is 8.19. The zero-order valence-corrected chi connectivity index (χ0v) is 9.80. The van der Waals surface area contributed by atoms with Crippen molar-refractivity contribution in [3.05, 3.63) is 35.9 Å². The molecule has 1 aromatic rings. The average Bonchev–Trinajstić information content (AvgIpc) is 2.36. The van der Waals surface area contributed by atoms with Crippen molar-refractivity contribution >= 4 is 17.8 Å². The summed E-state index contributed by atoms with van der Waals surface area (Å²) in [6.45, 7) is 1.84. The average molecular weight is 234 g/mol. The number of carbonyl (C=O) groups is 2. The van der Waals surface area contributed by atoms with E-state index in [1.54, 1.807) is 26.2 Å². The van der Waals surface area contributed by atoms with Gasteiger partial charge in [0.05, 0.1) is 13.7 Å². The molecule has 0 heterocycles. The molecule has 17 heavy (non-hydrogen) atoms. The molecule has 4 heteroatoms. The van der Waals surface area contributed by atoms with Crippen LogP contribution in [0.4, 0.5) is 0 Å². The fraction of sp³-hybridized carbons (Fsp3) is 0.231. The van der Waals surface area contributed by atoms with Gasteiger partial charge in [-0.1, -0.05) is 18.2 Å². The summed E-state index contributed by atoms with van der Waals surface area (Å²) in [5.41, 5.74) is 0.729. The van der Waals surface area contributed by atoms with E-state index in [0.717, 1.165) is 5.56 Å². The van der Waals surface area contributed by atoms with Crippen LogP contribution in [0.15, 0.2) is 30.3 Å². The van der Waals surface area contributed by atoms with Crippen LogP contribution in [0.2, 0.25) is 0 Å². The third-order valence-corrected chi connectivity index (χ3v) is 2.03. The molecule has 0 amide bonds. The van der Waals surface area contributed by atoms with Gasteiger partial charge in [0, 0.05) is 5.56 Å². The first kappa shape index (κ1) is 13.0. The van der Waals surface area contributed by atoms with E-state index in [0.29, 0.717) is 5.75 Å². The number of para-hydroxylation sites is 1. The number of ether oxygens (including phenoxy) is 2. The van der Waals surface area contributed by atoms with Gasteiger partial charge in [0.2, 0.25) is 0 Å². The summed E-state index contributed by atoms with van der Waals surface area (Å²) in [5, 5.41) is 0. The molecular formula is C13H14O4. The van der Waals surface area contributed by atoms with Gasteiger partial charge in [0.1, 0.15) is 5.75 Å². The van der Waals surface area contributed by atoms with Crippen molar-refractivity contribution in [1.29, 1.82) is 0 Å². The Bertz CT molecular complexity index is 435. The summed E-state index contributed by atoms with van der Waals surface area (Å²) in [6, 6.07) is 7.20. The molecule has 0 fully saturated rings. The number of hydrogen-bond donors (Lipinski definition) is 0. The lowest BCUT2D eigenvalue weighted by Crippen LogP contribution is -2.14. The standard InChI is InChI=1S/C13H14O4/c1-3-17-13(15)11(14)9-8-10-6-4-5-7-12(10)16-2/h4-9H,3H2,1-2H3/b9-8+. The van der Waals surface area contributed by atoms with Crippen LogP contribution < -0.4 is 4.74 Å². The predicted octanol–water partition coefficient (Wildman–Crippen LogP) is 1.84. The van der Waals surface area contributed by atoms with E-state index in [2.05, 4.69) is 4.74 Å². The highest BCUT2D eigenvalue weighted by atomic mass is 16.5. The minimum atomic E-state index is -0.848. The lowest BCUT2D eigenvalue weighted by molar-refractivity contribution is -0.151. The van der Waals surface area contributed by atoms with Crippen LogP contribution in [0.3, 0.4) is 0 Å². The lowest BCUT2D eigenvalue weighted by Gasteiger charge is -2.02. The molecule has 0 aliphatic heterocycles. The molecule has 0 N–H and O–H groups in total. The molecule has 0 atom stereocenters. The molecule has 0 aromatic heterocycles. The maximum Gasteiger partial charge on any atom is 0.379 e. The van der Waals surface area contributed by atoms with Crippen molar-refractivity contribution in [3.8, 4) is 5.75 Å². The van der Waals surface area contributed by atoms with E-state index < -0.39 is 11.8 Å². The van der Waals surface area contributed by atoms with Gasteiger partial charge < -0.3 is 9.47 Å². The third kappa shape index (κ3) is 3.75. The number of benzene rings is 1. The SMILES string of the molecule is CCOC(=O)C(=O)/C=C/c1ccccc1OC. The van der Waals surface area contributed by atoms with Crippen LogP contribution >= 0.6 is 0 Å². The molecule has 0 saturated heterocycles. The summed E-state index contributed by atoms with van der Waals surface area (Å²) in [7, 11) is 1.54. The molecule has 1 rings (SSSR count). The van der Waals surface area contributed by atoms with Crippen LogP contribution in [-0.2, 0) is 14.3 Å². The van der Waals surface area contributed by atoms with Gasteiger partial charge in [-0.05, 0) is 25.1 Å². The highest BCUT2D eigenvalue weighted by Gasteiger charge is 2.10. The first-order valence-corrected chi connectivity index (χ1v) is 5.21. The topological polar surface area (TPSA) is 52.6 Å². The Labute approximate surface area is 99.8 Å². The maximum absolute atomic E-state index is 11.3. The highest BCUT2D eigenvalue weighted by molar-refractivity contribution is 6.39. The molecule has 0 spiro atoms. The normalized spacial score (nSPS) is 10.2. The number of carbonyl (C=O) groups excluding carboxylic acids is 2. The molecule has 4 nitrogen and oxygen atoms in total. The molecule has 90 valence electrons. The fourth-order valence-corrected chi connectivity index (χ4v) is 1.24. The van der Waals surface area contributed by atoms with E-state index in [4.69, 9.17) is 4.74 Å². The Balaban J connectivity index is 2.76. The number of hydrogen-bond acceptors (Lipinski definition) is 4. The van der Waals surface area contributed by atoms with Crippen molar-refractivity contribution in [2.45, 2.75) is 6.92 Å². The monoisotopic (exact) mass is 234 g/mol. The number of methoxy groups -OCH3 is 1. The van der Waals surface area contributed by atoms with E-state index in [1.165, 1.54) is 12.2 Å². The van der Waals surface area contributed by atoms with Gasteiger partial charge in [-0.2, -0.15) is 0 Å². The van der Waals surface area contributed by atoms with Gasteiger partial charge in [-0.3, -0.25) is 4.79 Å². The molecule has 0 bridgehead atoms. The molecule has 0 unspecified atom stereocenters. The number of rotatable bonds is 5.